The van der Waals surface area contributed by atoms with Gasteiger partial charge >= 0.3 is 10.2 Å². The fraction of sp³-hybridized carbons (Fsp3) is 0.500. The zero-order valence-electron chi connectivity index (χ0n) is 15.3. The number of rotatable bonds is 7. The molecule has 0 radical (unpaired) electrons. The average Bonchev–Trinajstić information content (AvgIpc) is 3.32. The first-order valence-electron chi connectivity index (χ1n) is 8.63. The minimum atomic E-state index is -4.04. The van der Waals surface area contributed by atoms with E-state index >= 15 is 0 Å². The molecule has 0 unspecified atom stereocenters. The van der Waals surface area contributed by atoms with Crippen LogP contribution in [0.5, 0.6) is 0 Å². The molecule has 0 bridgehead atoms. The van der Waals surface area contributed by atoms with Crippen LogP contribution in [0, 0.1) is 0 Å². The highest BCUT2D eigenvalue weighted by Crippen LogP contribution is 2.29. The van der Waals surface area contributed by atoms with Crippen molar-refractivity contribution in [2.24, 2.45) is 0 Å². The van der Waals surface area contributed by atoms with Crippen LogP contribution >= 0.6 is 0 Å². The van der Waals surface area contributed by atoms with E-state index in [1.807, 2.05) is 30.3 Å². The Balaban J connectivity index is 1.97. The first-order chi connectivity index (χ1) is 12.7. The van der Waals surface area contributed by atoms with Gasteiger partial charge < -0.3 is 0 Å². The Morgan fingerprint density at radius 3 is 2.30 bits per heavy atom. The van der Waals surface area contributed by atoms with Crippen molar-refractivity contribution < 1.29 is 16.8 Å². The molecule has 1 aromatic carbocycles. The summed E-state index contributed by atoms with van der Waals surface area (Å²) in [6.45, 7) is 0.197. The van der Waals surface area contributed by atoms with Crippen LogP contribution in [0.3, 0.4) is 0 Å². The Hall–Kier alpha value is -1.82. The molecular weight excluding hydrogens is 390 g/mol. The highest BCUT2D eigenvalue weighted by molar-refractivity contribution is 7.89. The Morgan fingerprint density at radius 1 is 1.07 bits per heavy atom. The monoisotopic (exact) mass is 413 g/mol. The molecule has 2 aromatic rings. The van der Waals surface area contributed by atoms with Crippen LogP contribution in [0.15, 0.2) is 41.8 Å². The van der Waals surface area contributed by atoms with Crippen LogP contribution in [0.4, 0.5) is 0 Å². The lowest BCUT2D eigenvalue weighted by Crippen LogP contribution is -2.39. The van der Waals surface area contributed by atoms with E-state index in [1.165, 1.54) is 18.4 Å². The van der Waals surface area contributed by atoms with Crippen LogP contribution in [-0.4, -0.2) is 59.8 Å². The number of nitrogens with zero attached hydrogens (tertiary/aromatic N) is 5. The molecule has 1 saturated carbocycles. The summed E-state index contributed by atoms with van der Waals surface area (Å²) in [5.41, 5.74) is 0.855. The first-order valence-corrected chi connectivity index (χ1v) is 11.5. The topological polar surface area (TPSA) is 105 Å². The molecule has 1 aliphatic rings. The predicted octanol–water partition coefficient (Wildman–Crippen LogP) is 1.07. The highest BCUT2D eigenvalue weighted by Gasteiger charge is 2.36. The van der Waals surface area contributed by atoms with Crippen molar-refractivity contribution in [1.82, 2.24) is 22.8 Å². The van der Waals surface area contributed by atoms with E-state index < -0.39 is 25.4 Å². The van der Waals surface area contributed by atoms with Crippen molar-refractivity contribution in [3.63, 3.8) is 0 Å². The van der Waals surface area contributed by atoms with Crippen molar-refractivity contribution in [2.45, 2.75) is 43.4 Å². The van der Waals surface area contributed by atoms with Gasteiger partial charge in [0.15, 0.2) is 0 Å². The predicted molar refractivity (Wildman–Crippen MR) is 99.5 cm³/mol. The molecule has 148 valence electrons. The van der Waals surface area contributed by atoms with Crippen molar-refractivity contribution >= 4 is 20.2 Å². The van der Waals surface area contributed by atoms with E-state index in [1.54, 1.807) is 0 Å². The minimum Gasteiger partial charge on any atom is -0.203 e. The van der Waals surface area contributed by atoms with Gasteiger partial charge in [0.1, 0.15) is 6.33 Å². The van der Waals surface area contributed by atoms with Gasteiger partial charge in [0.05, 0.1) is 0 Å². The first kappa shape index (κ1) is 19.9. The van der Waals surface area contributed by atoms with Gasteiger partial charge in [-0.2, -0.15) is 17.0 Å². The van der Waals surface area contributed by atoms with Gasteiger partial charge in [0.25, 0.3) is 15.2 Å². The zero-order chi connectivity index (χ0) is 19.7. The maximum Gasteiger partial charge on any atom is 0.323 e. The molecule has 1 heterocycles. The zero-order valence-corrected chi connectivity index (χ0v) is 16.9. The van der Waals surface area contributed by atoms with Crippen molar-refractivity contribution in [3.8, 4) is 0 Å². The molecule has 27 heavy (non-hydrogen) atoms. The van der Waals surface area contributed by atoms with Gasteiger partial charge in [-0.3, -0.25) is 0 Å². The Kier molecular flexibility index (Phi) is 5.65. The smallest absolute Gasteiger partial charge is 0.203 e. The molecule has 0 N–H and O–H groups in total. The quantitative estimate of drug-likeness (QED) is 0.672. The second kappa shape index (κ2) is 7.66. The summed E-state index contributed by atoms with van der Waals surface area (Å²) in [4.78, 5) is 3.79. The van der Waals surface area contributed by atoms with Gasteiger partial charge in [-0.1, -0.05) is 43.2 Å². The van der Waals surface area contributed by atoms with Crippen molar-refractivity contribution in [3.05, 3.63) is 42.2 Å². The van der Waals surface area contributed by atoms with E-state index in [2.05, 4.69) is 10.1 Å². The minimum absolute atomic E-state index is 0.146. The summed E-state index contributed by atoms with van der Waals surface area (Å²) in [7, 11) is -5.29. The molecule has 0 spiro atoms. The third kappa shape index (κ3) is 4.05. The molecule has 0 aliphatic heterocycles. The summed E-state index contributed by atoms with van der Waals surface area (Å²) >= 11 is 0. The van der Waals surface area contributed by atoms with Gasteiger partial charge in [0.2, 0.25) is 0 Å². The second-order valence-corrected chi connectivity index (χ2v) is 10.4. The van der Waals surface area contributed by atoms with E-state index in [-0.39, 0.29) is 12.6 Å². The normalized spacial score (nSPS) is 16.4. The van der Waals surface area contributed by atoms with Crippen molar-refractivity contribution in [1.29, 1.82) is 0 Å². The molecule has 1 aromatic heterocycles. The average molecular weight is 414 g/mol. The summed E-state index contributed by atoms with van der Waals surface area (Å²) in [6, 6.07) is 9.15. The fourth-order valence-electron chi connectivity index (χ4n) is 3.10. The maximum absolute atomic E-state index is 13.2. The Bertz CT molecular complexity index is 981. The van der Waals surface area contributed by atoms with Crippen LogP contribution in [0.2, 0.25) is 0 Å². The van der Waals surface area contributed by atoms with Gasteiger partial charge in [-0.15, -0.1) is 9.19 Å². The third-order valence-electron chi connectivity index (χ3n) is 4.60. The Morgan fingerprint density at radius 2 is 1.70 bits per heavy atom. The second-order valence-electron chi connectivity index (χ2n) is 6.66. The van der Waals surface area contributed by atoms with Crippen LogP contribution in [0.25, 0.3) is 0 Å². The Labute approximate surface area is 159 Å². The molecule has 11 heteroatoms. The van der Waals surface area contributed by atoms with Crippen LogP contribution in [-0.2, 0) is 26.8 Å². The van der Waals surface area contributed by atoms with E-state index in [0.717, 1.165) is 41.9 Å². The number of sulfonamides is 1. The summed E-state index contributed by atoms with van der Waals surface area (Å²) in [6.07, 6.45) is 4.37. The summed E-state index contributed by atoms with van der Waals surface area (Å²) in [5.74, 6) is 0. The summed E-state index contributed by atoms with van der Waals surface area (Å²) in [5, 5.41) is 3.25. The lowest BCUT2D eigenvalue weighted by molar-refractivity contribution is 0.313. The van der Waals surface area contributed by atoms with Gasteiger partial charge in [-0.25, -0.2) is 13.4 Å². The number of hydrogen-bond acceptors (Lipinski definition) is 6. The number of hydrogen-bond donors (Lipinski definition) is 0. The fourth-order valence-corrected chi connectivity index (χ4v) is 5.34. The molecule has 1 fully saturated rings. The molecular formula is C16H23N5O4S2. The molecule has 0 amide bonds. The van der Waals surface area contributed by atoms with Crippen LogP contribution < -0.4 is 0 Å². The van der Waals surface area contributed by atoms with E-state index in [0.29, 0.717) is 4.09 Å². The van der Waals surface area contributed by atoms with Crippen molar-refractivity contribution in [2.75, 3.05) is 14.1 Å². The van der Waals surface area contributed by atoms with Crippen LogP contribution in [0.1, 0.15) is 31.2 Å². The molecule has 1 aliphatic carbocycles. The third-order valence-corrected chi connectivity index (χ3v) is 7.87. The molecule has 0 atom stereocenters. The molecule has 3 rings (SSSR count). The highest BCUT2D eigenvalue weighted by atomic mass is 32.2. The summed E-state index contributed by atoms with van der Waals surface area (Å²) < 4.78 is 53.7. The van der Waals surface area contributed by atoms with Gasteiger partial charge in [-0.05, 0) is 18.4 Å². The van der Waals surface area contributed by atoms with E-state index in [9.17, 15) is 16.8 Å². The van der Waals surface area contributed by atoms with E-state index in [4.69, 9.17) is 0 Å². The molecule has 9 nitrogen and oxygen atoms in total. The SMILES string of the molecule is CN(C)S(=O)(=O)n1cnc(S(=O)(=O)N(Cc2ccccc2)C2CCCC2)n1. The maximum atomic E-state index is 13.2. The number of benzene rings is 1. The van der Waals surface area contributed by atoms with Gasteiger partial charge in [0, 0.05) is 26.7 Å². The molecule has 0 saturated heterocycles. The lowest BCUT2D eigenvalue weighted by Gasteiger charge is -2.26. The largest absolute Gasteiger partial charge is 0.323 e. The standard InChI is InChI=1S/C16H23N5O4S2/c1-19(2)27(24,25)21-13-17-16(18-21)26(22,23)20(15-10-6-7-11-15)12-14-8-4-3-5-9-14/h3-5,8-9,13,15H,6-7,10-12H2,1-2H3. The number of aromatic nitrogens is 3. The lowest BCUT2D eigenvalue weighted by atomic mass is 10.2.